The molecule has 3 heterocycles. The van der Waals surface area contributed by atoms with Gasteiger partial charge in [-0.2, -0.15) is 0 Å². The number of nitrogens with zero attached hydrogens (tertiary/aromatic N) is 3. The van der Waals surface area contributed by atoms with Crippen molar-refractivity contribution in [2.24, 2.45) is 5.92 Å². The molecule has 4 nitrogen and oxygen atoms in total. The van der Waals surface area contributed by atoms with Gasteiger partial charge in [0.2, 0.25) is 5.88 Å². The summed E-state index contributed by atoms with van der Waals surface area (Å²) in [6.45, 7) is 4.10. The minimum Gasteiger partial charge on any atom is -0.494 e. The summed E-state index contributed by atoms with van der Waals surface area (Å²) in [5, 5.41) is 12.9. The topological polar surface area (TPSA) is 41.3 Å². The fraction of sp³-hybridized carbons (Fsp3) is 0.320. The maximum atomic E-state index is 10.8. The predicted molar refractivity (Wildman–Crippen MR) is 123 cm³/mol. The summed E-state index contributed by atoms with van der Waals surface area (Å²) in [4.78, 5) is 7.24. The molecule has 30 heavy (non-hydrogen) atoms. The zero-order valence-corrected chi connectivity index (χ0v) is 17.7. The molecule has 0 bridgehead atoms. The van der Waals surface area contributed by atoms with Crippen LogP contribution < -0.4 is 0 Å². The van der Waals surface area contributed by atoms with Gasteiger partial charge in [0.15, 0.2) is 0 Å². The molecule has 0 saturated carbocycles. The van der Waals surface area contributed by atoms with Crippen molar-refractivity contribution in [3.8, 4) is 5.88 Å². The number of aryl methyl sites for hydroxylation is 1. The van der Waals surface area contributed by atoms with Gasteiger partial charge in [-0.25, -0.2) is 4.98 Å². The molecule has 2 aromatic carbocycles. The number of pyridine rings is 1. The second-order valence-electron chi connectivity index (χ2n) is 8.34. The Balaban J connectivity index is 1.24. The van der Waals surface area contributed by atoms with Gasteiger partial charge >= 0.3 is 0 Å². The summed E-state index contributed by atoms with van der Waals surface area (Å²) in [6.07, 6.45) is 5.41. The Labute approximate surface area is 181 Å². The molecule has 1 N–H and O–H groups in total. The maximum absolute atomic E-state index is 10.8. The smallest absolute Gasteiger partial charge is 0.202 e. The molecule has 154 valence electrons. The third-order valence-corrected chi connectivity index (χ3v) is 6.76. The third-order valence-electron chi connectivity index (χ3n) is 6.37. The van der Waals surface area contributed by atoms with Crippen LogP contribution in [0.3, 0.4) is 0 Å². The van der Waals surface area contributed by atoms with E-state index < -0.39 is 0 Å². The molecule has 0 spiro atoms. The Morgan fingerprint density at radius 3 is 2.50 bits per heavy atom. The van der Waals surface area contributed by atoms with Crippen LogP contribution in [0.2, 0.25) is 5.02 Å². The Hall–Kier alpha value is -2.56. The predicted octanol–water partition coefficient (Wildman–Crippen LogP) is 5.85. The quantitative estimate of drug-likeness (QED) is 0.441. The van der Waals surface area contributed by atoms with Crippen LogP contribution in [0.4, 0.5) is 0 Å². The lowest BCUT2D eigenvalue weighted by atomic mass is 9.93. The molecule has 1 saturated heterocycles. The highest BCUT2D eigenvalue weighted by molar-refractivity contribution is 6.40. The third kappa shape index (κ3) is 3.78. The van der Waals surface area contributed by atoms with Crippen molar-refractivity contribution in [2.45, 2.75) is 32.4 Å². The number of halogens is 1. The van der Waals surface area contributed by atoms with Crippen molar-refractivity contribution in [1.29, 1.82) is 0 Å². The second-order valence-corrected chi connectivity index (χ2v) is 8.72. The number of fused-ring (bicyclic) bond motifs is 2. The van der Waals surface area contributed by atoms with E-state index in [1.807, 2.05) is 35.0 Å². The molecule has 0 unspecified atom stereocenters. The van der Waals surface area contributed by atoms with Gasteiger partial charge in [-0.1, -0.05) is 60.1 Å². The number of aromatic nitrogens is 2. The molecule has 0 radical (unpaired) electrons. The summed E-state index contributed by atoms with van der Waals surface area (Å²) in [5.41, 5.74) is 3.00. The molecule has 1 fully saturated rings. The van der Waals surface area contributed by atoms with Crippen molar-refractivity contribution >= 4 is 33.4 Å². The molecular formula is C25H26ClN3O. The zero-order valence-electron chi connectivity index (χ0n) is 17.0. The van der Waals surface area contributed by atoms with E-state index in [0.29, 0.717) is 16.3 Å². The minimum atomic E-state index is 0.231. The van der Waals surface area contributed by atoms with E-state index in [9.17, 15) is 5.11 Å². The highest BCUT2D eigenvalue weighted by Gasteiger charge is 2.21. The van der Waals surface area contributed by atoms with Crippen LogP contribution in [0, 0.1) is 5.92 Å². The van der Waals surface area contributed by atoms with Gasteiger partial charge in [0.25, 0.3) is 0 Å². The summed E-state index contributed by atoms with van der Waals surface area (Å²) < 4.78 is 1.92. The van der Waals surface area contributed by atoms with Crippen molar-refractivity contribution in [2.75, 3.05) is 13.1 Å². The largest absolute Gasteiger partial charge is 0.494 e. The van der Waals surface area contributed by atoms with Gasteiger partial charge in [0.05, 0.1) is 21.4 Å². The monoisotopic (exact) mass is 419 g/mol. The van der Waals surface area contributed by atoms with E-state index in [4.69, 9.17) is 16.6 Å². The first kappa shape index (κ1) is 19.4. The van der Waals surface area contributed by atoms with E-state index >= 15 is 0 Å². The lowest BCUT2D eigenvalue weighted by Crippen LogP contribution is -2.33. The summed E-state index contributed by atoms with van der Waals surface area (Å²) in [7, 11) is 0. The number of piperidine rings is 1. The summed E-state index contributed by atoms with van der Waals surface area (Å²) in [5.74, 6) is 0.916. The molecule has 4 aromatic rings. The fourth-order valence-electron chi connectivity index (χ4n) is 4.61. The van der Waals surface area contributed by atoms with Crippen LogP contribution in [0.5, 0.6) is 5.88 Å². The first-order chi connectivity index (χ1) is 14.7. The molecule has 1 aliphatic heterocycles. The van der Waals surface area contributed by atoms with Crippen molar-refractivity contribution in [3.63, 3.8) is 0 Å². The van der Waals surface area contributed by atoms with E-state index in [-0.39, 0.29) is 5.88 Å². The van der Waals surface area contributed by atoms with Crippen molar-refractivity contribution in [3.05, 3.63) is 71.4 Å². The first-order valence-electron chi connectivity index (χ1n) is 10.7. The van der Waals surface area contributed by atoms with Crippen LogP contribution in [-0.4, -0.2) is 32.6 Å². The van der Waals surface area contributed by atoms with Crippen LogP contribution in [0.25, 0.3) is 21.8 Å². The lowest BCUT2D eigenvalue weighted by molar-refractivity contribution is 0.168. The Bertz CT molecular complexity index is 1160. The number of hydrogen-bond donors (Lipinski definition) is 1. The molecule has 0 amide bonds. The lowest BCUT2D eigenvalue weighted by Gasteiger charge is -2.32. The van der Waals surface area contributed by atoms with Crippen molar-refractivity contribution in [1.82, 2.24) is 14.5 Å². The van der Waals surface area contributed by atoms with Crippen LogP contribution in [0.15, 0.2) is 60.8 Å². The number of para-hydroxylation sites is 1. The number of likely N-dealkylation sites (tertiary alicyclic amines) is 1. The summed E-state index contributed by atoms with van der Waals surface area (Å²) in [6, 6.07) is 18.5. The number of hydrogen-bond acceptors (Lipinski definition) is 3. The van der Waals surface area contributed by atoms with Gasteiger partial charge in [0.1, 0.15) is 0 Å². The molecule has 1 aliphatic rings. The SMILES string of the molecule is Oc1c2c(Cl)c3ccccc3nc2cn1CCC1CCN(Cc2ccccc2)CC1. The average Bonchev–Trinajstić information content (AvgIpc) is 3.09. The van der Waals surface area contributed by atoms with E-state index in [2.05, 4.69) is 35.2 Å². The zero-order chi connectivity index (χ0) is 20.5. The Kier molecular flexibility index (Phi) is 5.36. The van der Waals surface area contributed by atoms with Crippen molar-refractivity contribution < 1.29 is 5.11 Å². The van der Waals surface area contributed by atoms with E-state index in [1.165, 1.54) is 18.4 Å². The van der Waals surface area contributed by atoms with Gasteiger partial charge in [0, 0.05) is 24.7 Å². The molecule has 0 atom stereocenters. The van der Waals surface area contributed by atoms with Gasteiger partial charge in [-0.05, 0) is 49.9 Å². The molecule has 5 rings (SSSR count). The van der Waals surface area contributed by atoms with Crippen LogP contribution in [0.1, 0.15) is 24.8 Å². The number of benzene rings is 2. The molecule has 2 aromatic heterocycles. The fourth-order valence-corrected chi connectivity index (χ4v) is 4.96. The van der Waals surface area contributed by atoms with Crippen LogP contribution in [-0.2, 0) is 13.1 Å². The van der Waals surface area contributed by atoms with Crippen LogP contribution >= 0.6 is 11.6 Å². The van der Waals surface area contributed by atoms with E-state index in [0.717, 1.165) is 49.0 Å². The molecule has 0 aliphatic carbocycles. The van der Waals surface area contributed by atoms with E-state index in [1.54, 1.807) is 0 Å². The van der Waals surface area contributed by atoms with Gasteiger partial charge in [-0.15, -0.1) is 0 Å². The average molecular weight is 420 g/mol. The first-order valence-corrected chi connectivity index (χ1v) is 11.1. The molecule has 5 heteroatoms. The molecular weight excluding hydrogens is 394 g/mol. The standard InChI is InChI=1S/C25H26ClN3O/c26-24-20-8-4-5-9-21(20)27-22-17-29(25(30)23(22)24)15-12-18-10-13-28(14-11-18)16-19-6-2-1-3-7-19/h1-9,17-18,30H,10-16H2. The maximum Gasteiger partial charge on any atom is 0.202 e. The number of aromatic hydroxyl groups is 1. The Morgan fingerprint density at radius 2 is 1.70 bits per heavy atom. The second kappa shape index (κ2) is 8.29. The van der Waals surface area contributed by atoms with Gasteiger partial charge < -0.3 is 9.67 Å². The summed E-state index contributed by atoms with van der Waals surface area (Å²) >= 11 is 6.61. The highest BCUT2D eigenvalue weighted by atomic mass is 35.5. The van der Waals surface area contributed by atoms with Gasteiger partial charge in [-0.3, -0.25) is 4.90 Å². The minimum absolute atomic E-state index is 0.231. The normalized spacial score (nSPS) is 15.9. The number of rotatable bonds is 5. The highest BCUT2D eigenvalue weighted by Crippen LogP contribution is 2.37. The Morgan fingerprint density at radius 1 is 0.967 bits per heavy atom.